The van der Waals surface area contributed by atoms with E-state index < -0.39 is 17.4 Å². The molecule has 0 saturated carbocycles. The SMILES string of the molecule is CCCC(CC)(C(=O)OC)C(=O)OC. The summed E-state index contributed by atoms with van der Waals surface area (Å²) in [5, 5.41) is 0. The van der Waals surface area contributed by atoms with Gasteiger partial charge in [0, 0.05) is 0 Å². The maximum atomic E-state index is 11.5. The average molecular weight is 202 g/mol. The molecule has 0 saturated heterocycles. The second-order valence-corrected chi connectivity index (χ2v) is 3.17. The monoisotopic (exact) mass is 202 g/mol. The van der Waals surface area contributed by atoms with Crippen LogP contribution in [0.25, 0.3) is 0 Å². The van der Waals surface area contributed by atoms with Crippen LogP contribution >= 0.6 is 0 Å². The van der Waals surface area contributed by atoms with Crippen molar-refractivity contribution in [3.8, 4) is 0 Å². The number of methoxy groups -OCH3 is 2. The Kier molecular flexibility index (Phi) is 5.20. The first-order valence-corrected chi connectivity index (χ1v) is 4.75. The smallest absolute Gasteiger partial charge is 0.323 e. The minimum Gasteiger partial charge on any atom is -0.468 e. The lowest BCUT2D eigenvalue weighted by Crippen LogP contribution is -2.40. The number of ether oxygens (including phenoxy) is 2. The quantitative estimate of drug-likeness (QED) is 0.501. The fourth-order valence-corrected chi connectivity index (χ4v) is 1.57. The van der Waals surface area contributed by atoms with E-state index in [1.54, 1.807) is 6.92 Å². The molecule has 0 atom stereocenters. The summed E-state index contributed by atoms with van der Waals surface area (Å²) in [7, 11) is 2.57. The lowest BCUT2D eigenvalue weighted by Gasteiger charge is -2.26. The second-order valence-electron chi connectivity index (χ2n) is 3.17. The average Bonchev–Trinajstić information content (AvgIpc) is 2.23. The van der Waals surface area contributed by atoms with Crippen LogP contribution in [0.1, 0.15) is 33.1 Å². The topological polar surface area (TPSA) is 52.6 Å². The summed E-state index contributed by atoms with van der Waals surface area (Å²) >= 11 is 0. The van der Waals surface area contributed by atoms with Crippen molar-refractivity contribution in [3.05, 3.63) is 0 Å². The number of rotatable bonds is 5. The molecule has 0 fully saturated rings. The van der Waals surface area contributed by atoms with Gasteiger partial charge in [0.1, 0.15) is 0 Å². The third kappa shape index (κ3) is 2.25. The molecular formula is C10H18O4. The molecule has 0 bridgehead atoms. The van der Waals surface area contributed by atoms with Gasteiger partial charge in [0.25, 0.3) is 0 Å². The molecule has 0 rings (SSSR count). The van der Waals surface area contributed by atoms with Crippen molar-refractivity contribution in [1.82, 2.24) is 0 Å². The Morgan fingerprint density at radius 3 is 1.71 bits per heavy atom. The van der Waals surface area contributed by atoms with E-state index in [1.165, 1.54) is 14.2 Å². The Morgan fingerprint density at radius 2 is 1.50 bits per heavy atom. The Hall–Kier alpha value is -1.06. The molecule has 0 N–H and O–H groups in total. The molecule has 82 valence electrons. The van der Waals surface area contributed by atoms with E-state index in [1.807, 2.05) is 6.92 Å². The first-order chi connectivity index (χ1) is 6.58. The van der Waals surface area contributed by atoms with Crippen LogP contribution in [0.15, 0.2) is 0 Å². The van der Waals surface area contributed by atoms with E-state index in [4.69, 9.17) is 0 Å². The summed E-state index contributed by atoms with van der Waals surface area (Å²) in [5.41, 5.74) is -1.11. The van der Waals surface area contributed by atoms with Crippen molar-refractivity contribution in [3.63, 3.8) is 0 Å². The molecular weight excluding hydrogens is 184 g/mol. The normalized spacial score (nSPS) is 10.9. The molecule has 14 heavy (non-hydrogen) atoms. The van der Waals surface area contributed by atoms with Crippen molar-refractivity contribution in [1.29, 1.82) is 0 Å². The molecule has 4 heteroatoms. The Balaban J connectivity index is 4.96. The molecule has 0 radical (unpaired) electrons. The van der Waals surface area contributed by atoms with Crippen molar-refractivity contribution >= 4 is 11.9 Å². The van der Waals surface area contributed by atoms with Crippen LogP contribution in [0.2, 0.25) is 0 Å². The van der Waals surface area contributed by atoms with Gasteiger partial charge < -0.3 is 9.47 Å². The molecule has 0 amide bonds. The number of esters is 2. The van der Waals surface area contributed by atoms with Crippen molar-refractivity contribution < 1.29 is 19.1 Å². The van der Waals surface area contributed by atoms with Crippen molar-refractivity contribution in [2.24, 2.45) is 5.41 Å². The highest BCUT2D eigenvalue weighted by Gasteiger charge is 2.45. The van der Waals surface area contributed by atoms with E-state index >= 15 is 0 Å². The zero-order valence-electron chi connectivity index (χ0n) is 9.25. The van der Waals surface area contributed by atoms with Gasteiger partial charge in [0.2, 0.25) is 0 Å². The maximum absolute atomic E-state index is 11.5. The molecule has 0 aromatic rings. The van der Waals surface area contributed by atoms with Crippen LogP contribution < -0.4 is 0 Å². The second kappa shape index (κ2) is 5.62. The van der Waals surface area contributed by atoms with E-state index in [0.29, 0.717) is 12.8 Å². The van der Waals surface area contributed by atoms with Gasteiger partial charge in [-0.05, 0) is 12.8 Å². The first-order valence-electron chi connectivity index (χ1n) is 4.75. The Bertz CT molecular complexity index is 194. The molecule has 0 aliphatic rings. The predicted octanol–water partition coefficient (Wildman–Crippen LogP) is 1.53. The standard InChI is InChI=1S/C10H18O4/c1-5-7-10(6-2,8(11)13-3)9(12)14-4/h5-7H2,1-4H3. The Morgan fingerprint density at radius 1 is 1.07 bits per heavy atom. The van der Waals surface area contributed by atoms with Crippen LogP contribution in [0.4, 0.5) is 0 Å². The van der Waals surface area contributed by atoms with Gasteiger partial charge in [0.15, 0.2) is 5.41 Å². The highest BCUT2D eigenvalue weighted by Crippen LogP contribution is 2.31. The summed E-state index contributed by atoms with van der Waals surface area (Å²) in [6, 6.07) is 0. The van der Waals surface area contributed by atoms with Gasteiger partial charge in [-0.3, -0.25) is 9.59 Å². The van der Waals surface area contributed by atoms with Crippen LogP contribution in [-0.4, -0.2) is 26.2 Å². The lowest BCUT2D eigenvalue weighted by molar-refractivity contribution is -0.170. The van der Waals surface area contributed by atoms with Crippen molar-refractivity contribution in [2.45, 2.75) is 33.1 Å². The molecule has 4 nitrogen and oxygen atoms in total. The van der Waals surface area contributed by atoms with E-state index in [0.717, 1.165) is 6.42 Å². The molecule has 0 heterocycles. The fourth-order valence-electron chi connectivity index (χ4n) is 1.57. The summed E-state index contributed by atoms with van der Waals surface area (Å²) in [4.78, 5) is 23.1. The number of carbonyl (C=O) groups excluding carboxylic acids is 2. The highest BCUT2D eigenvalue weighted by atomic mass is 16.5. The third-order valence-electron chi connectivity index (χ3n) is 2.43. The minimum atomic E-state index is -1.11. The highest BCUT2D eigenvalue weighted by molar-refractivity contribution is 5.99. The van der Waals surface area contributed by atoms with Gasteiger partial charge >= 0.3 is 11.9 Å². The summed E-state index contributed by atoms with van der Waals surface area (Å²) in [6.07, 6.45) is 1.60. The zero-order chi connectivity index (χ0) is 11.2. The zero-order valence-corrected chi connectivity index (χ0v) is 9.25. The summed E-state index contributed by atoms with van der Waals surface area (Å²) in [6.45, 7) is 3.69. The lowest BCUT2D eigenvalue weighted by atomic mass is 9.81. The number of hydrogen-bond acceptors (Lipinski definition) is 4. The summed E-state index contributed by atoms with van der Waals surface area (Å²) < 4.78 is 9.28. The third-order valence-corrected chi connectivity index (χ3v) is 2.43. The molecule has 0 unspecified atom stereocenters. The molecule has 0 aliphatic carbocycles. The summed E-state index contributed by atoms with van der Waals surface area (Å²) in [5.74, 6) is -1.01. The maximum Gasteiger partial charge on any atom is 0.323 e. The van der Waals surface area contributed by atoms with Crippen LogP contribution in [0.5, 0.6) is 0 Å². The largest absolute Gasteiger partial charge is 0.468 e. The molecule has 0 aromatic carbocycles. The van der Waals surface area contributed by atoms with Crippen molar-refractivity contribution in [2.75, 3.05) is 14.2 Å². The van der Waals surface area contributed by atoms with Gasteiger partial charge in [-0.15, -0.1) is 0 Å². The number of carbonyl (C=O) groups is 2. The van der Waals surface area contributed by atoms with E-state index in [-0.39, 0.29) is 0 Å². The minimum absolute atomic E-state index is 0.403. The van der Waals surface area contributed by atoms with E-state index in [9.17, 15) is 9.59 Å². The first kappa shape index (κ1) is 12.9. The predicted molar refractivity (Wildman–Crippen MR) is 51.7 cm³/mol. The molecule has 0 aromatic heterocycles. The van der Waals surface area contributed by atoms with Crippen LogP contribution in [-0.2, 0) is 19.1 Å². The van der Waals surface area contributed by atoms with E-state index in [2.05, 4.69) is 9.47 Å². The Labute approximate surface area is 84.6 Å². The van der Waals surface area contributed by atoms with Gasteiger partial charge in [-0.2, -0.15) is 0 Å². The molecule has 0 aliphatic heterocycles. The number of hydrogen-bond donors (Lipinski definition) is 0. The van der Waals surface area contributed by atoms with Gasteiger partial charge in [0.05, 0.1) is 14.2 Å². The molecule has 0 spiro atoms. The van der Waals surface area contributed by atoms with Gasteiger partial charge in [-0.25, -0.2) is 0 Å². The van der Waals surface area contributed by atoms with Gasteiger partial charge in [-0.1, -0.05) is 20.3 Å². The van der Waals surface area contributed by atoms with Crippen LogP contribution in [0, 0.1) is 5.41 Å². The van der Waals surface area contributed by atoms with Crippen LogP contribution in [0.3, 0.4) is 0 Å². The fraction of sp³-hybridized carbons (Fsp3) is 0.800.